The van der Waals surface area contributed by atoms with Gasteiger partial charge in [0.05, 0.1) is 11.6 Å². The number of benzene rings is 2. The topological polar surface area (TPSA) is 68.3 Å². The Morgan fingerprint density at radius 1 is 1.07 bits per heavy atom. The molecule has 1 amide bonds. The number of rotatable bonds is 4. The van der Waals surface area contributed by atoms with Gasteiger partial charge in [-0.2, -0.15) is 0 Å². The fraction of sp³-hybridized carbons (Fsp3) is 0.261. The van der Waals surface area contributed by atoms with E-state index in [2.05, 4.69) is 22.4 Å². The molecule has 0 spiro atoms. The number of nitrogens with one attached hydrogen (secondary N) is 1. The molecule has 28 heavy (non-hydrogen) atoms. The van der Waals surface area contributed by atoms with Crippen LogP contribution in [0.5, 0.6) is 0 Å². The maximum Gasteiger partial charge on any atom is 0.357 e. The molecule has 5 nitrogen and oxygen atoms in total. The Labute approximate surface area is 163 Å². The lowest BCUT2D eigenvalue weighted by Crippen LogP contribution is -2.39. The third-order valence-electron chi connectivity index (χ3n) is 5.15. The number of fused-ring (bicyclic) bond motifs is 2. The van der Waals surface area contributed by atoms with E-state index in [1.54, 1.807) is 13.0 Å². The molecule has 1 N–H and O–H groups in total. The van der Waals surface area contributed by atoms with Crippen LogP contribution in [0.25, 0.3) is 10.9 Å². The van der Waals surface area contributed by atoms with E-state index in [0.29, 0.717) is 5.52 Å². The molecular formula is C23H22N2O3. The standard InChI is InChI=1S/C23H22N2O3/c1-15(22(26)25-20-12-6-9-16-7-2-4-10-18(16)20)28-23(27)21-14-13-17-8-3-5-11-19(17)24-21/h2-5,7-8,10-11,13-15,20H,6,9,12H2,1H3,(H,25,26). The zero-order valence-corrected chi connectivity index (χ0v) is 15.7. The van der Waals surface area contributed by atoms with Crippen molar-refractivity contribution < 1.29 is 14.3 Å². The number of hydrogen-bond acceptors (Lipinski definition) is 4. The van der Waals surface area contributed by atoms with E-state index in [4.69, 9.17) is 4.74 Å². The third-order valence-corrected chi connectivity index (χ3v) is 5.15. The maximum absolute atomic E-state index is 12.6. The van der Waals surface area contributed by atoms with Gasteiger partial charge in [0.1, 0.15) is 5.69 Å². The second kappa shape index (κ2) is 7.80. The van der Waals surface area contributed by atoms with Gasteiger partial charge >= 0.3 is 5.97 Å². The van der Waals surface area contributed by atoms with Crippen molar-refractivity contribution >= 4 is 22.8 Å². The van der Waals surface area contributed by atoms with Crippen molar-refractivity contribution in [2.24, 2.45) is 0 Å². The minimum atomic E-state index is -0.894. The average Bonchev–Trinajstić information content (AvgIpc) is 2.73. The lowest BCUT2D eigenvalue weighted by Gasteiger charge is -2.27. The minimum absolute atomic E-state index is 0.0441. The van der Waals surface area contributed by atoms with E-state index in [1.165, 1.54) is 5.56 Å². The fourth-order valence-corrected chi connectivity index (χ4v) is 3.65. The Kier molecular flexibility index (Phi) is 5.06. The molecule has 4 rings (SSSR count). The van der Waals surface area contributed by atoms with E-state index >= 15 is 0 Å². The van der Waals surface area contributed by atoms with Gasteiger partial charge in [-0.1, -0.05) is 48.5 Å². The molecule has 3 aromatic rings. The molecule has 0 saturated carbocycles. The lowest BCUT2D eigenvalue weighted by molar-refractivity contribution is -0.130. The highest BCUT2D eigenvalue weighted by molar-refractivity contribution is 5.93. The molecule has 1 aliphatic carbocycles. The van der Waals surface area contributed by atoms with Crippen LogP contribution in [0.3, 0.4) is 0 Å². The minimum Gasteiger partial charge on any atom is -0.448 e. The van der Waals surface area contributed by atoms with Crippen molar-refractivity contribution in [2.75, 3.05) is 0 Å². The predicted octanol–water partition coefficient (Wildman–Crippen LogP) is 3.97. The largest absolute Gasteiger partial charge is 0.448 e. The van der Waals surface area contributed by atoms with E-state index in [9.17, 15) is 9.59 Å². The van der Waals surface area contributed by atoms with Gasteiger partial charge in [0.25, 0.3) is 5.91 Å². The van der Waals surface area contributed by atoms with Crippen molar-refractivity contribution in [3.63, 3.8) is 0 Å². The number of pyridine rings is 1. The van der Waals surface area contributed by atoms with Crippen molar-refractivity contribution in [3.05, 3.63) is 77.5 Å². The Hall–Kier alpha value is -3.21. The van der Waals surface area contributed by atoms with Crippen molar-refractivity contribution in [3.8, 4) is 0 Å². The Morgan fingerprint density at radius 3 is 2.75 bits per heavy atom. The molecule has 2 atom stereocenters. The second-order valence-electron chi connectivity index (χ2n) is 7.09. The molecule has 0 fully saturated rings. The van der Waals surface area contributed by atoms with Crippen LogP contribution in [-0.2, 0) is 16.0 Å². The zero-order chi connectivity index (χ0) is 19.5. The monoisotopic (exact) mass is 374 g/mol. The van der Waals surface area contributed by atoms with Crippen molar-refractivity contribution in [1.82, 2.24) is 10.3 Å². The summed E-state index contributed by atoms with van der Waals surface area (Å²) >= 11 is 0. The molecule has 142 valence electrons. The number of para-hydroxylation sites is 1. The first-order chi connectivity index (χ1) is 13.6. The van der Waals surface area contributed by atoms with Gasteiger partial charge in [-0.05, 0) is 49.4 Å². The summed E-state index contributed by atoms with van der Waals surface area (Å²) in [6, 6.07) is 19.1. The third kappa shape index (κ3) is 3.74. The van der Waals surface area contributed by atoms with Crippen molar-refractivity contribution in [2.45, 2.75) is 38.3 Å². The first-order valence-corrected chi connectivity index (χ1v) is 9.57. The summed E-state index contributed by atoms with van der Waals surface area (Å²) in [6.45, 7) is 1.59. The summed E-state index contributed by atoms with van der Waals surface area (Å²) in [7, 11) is 0. The van der Waals surface area contributed by atoms with Gasteiger partial charge in [0.2, 0.25) is 0 Å². The average molecular weight is 374 g/mol. The number of carbonyl (C=O) groups excluding carboxylic acids is 2. The molecule has 1 heterocycles. The van der Waals surface area contributed by atoms with Crippen LogP contribution in [0, 0.1) is 0 Å². The molecule has 1 aromatic heterocycles. The Bertz CT molecular complexity index is 1030. The van der Waals surface area contributed by atoms with Crippen LogP contribution in [0.15, 0.2) is 60.7 Å². The van der Waals surface area contributed by atoms with Crippen molar-refractivity contribution in [1.29, 1.82) is 0 Å². The van der Waals surface area contributed by atoms with Crippen LogP contribution in [-0.4, -0.2) is 23.0 Å². The molecule has 0 bridgehead atoms. The van der Waals surface area contributed by atoms with Crippen LogP contribution in [0.4, 0.5) is 0 Å². The first kappa shape index (κ1) is 18.2. The number of amides is 1. The summed E-state index contributed by atoms with van der Waals surface area (Å²) in [5.41, 5.74) is 3.33. The van der Waals surface area contributed by atoms with Gasteiger partial charge in [0.15, 0.2) is 6.10 Å². The molecule has 0 aliphatic heterocycles. The Balaban J connectivity index is 1.42. The molecule has 2 unspecified atom stereocenters. The van der Waals surface area contributed by atoms with Crippen LogP contribution >= 0.6 is 0 Å². The summed E-state index contributed by atoms with van der Waals surface area (Å²) in [5, 5.41) is 3.97. The van der Waals surface area contributed by atoms with Gasteiger partial charge in [-0.15, -0.1) is 0 Å². The highest BCUT2D eigenvalue weighted by Gasteiger charge is 2.25. The maximum atomic E-state index is 12.6. The summed E-state index contributed by atoms with van der Waals surface area (Å²) in [4.78, 5) is 29.3. The molecule has 1 aliphatic rings. The highest BCUT2D eigenvalue weighted by atomic mass is 16.5. The second-order valence-corrected chi connectivity index (χ2v) is 7.09. The van der Waals surface area contributed by atoms with Gasteiger partial charge in [-0.25, -0.2) is 9.78 Å². The summed E-state index contributed by atoms with van der Waals surface area (Å²) in [6.07, 6.45) is 2.04. The molecular weight excluding hydrogens is 352 g/mol. The predicted molar refractivity (Wildman–Crippen MR) is 107 cm³/mol. The Morgan fingerprint density at radius 2 is 1.86 bits per heavy atom. The summed E-state index contributed by atoms with van der Waals surface area (Å²) in [5.74, 6) is -0.895. The fourth-order valence-electron chi connectivity index (χ4n) is 3.65. The normalized spacial score (nSPS) is 16.8. The van der Waals surface area contributed by atoms with Crippen LogP contribution in [0.2, 0.25) is 0 Å². The molecule has 0 radical (unpaired) electrons. The van der Waals surface area contributed by atoms with Gasteiger partial charge in [0, 0.05) is 5.39 Å². The lowest BCUT2D eigenvalue weighted by atomic mass is 9.87. The first-order valence-electron chi connectivity index (χ1n) is 9.57. The van der Waals surface area contributed by atoms with E-state index < -0.39 is 12.1 Å². The van der Waals surface area contributed by atoms with Gasteiger partial charge in [-0.3, -0.25) is 4.79 Å². The molecule has 5 heteroatoms. The molecule has 2 aromatic carbocycles. The van der Waals surface area contributed by atoms with E-state index in [0.717, 1.165) is 30.2 Å². The van der Waals surface area contributed by atoms with Crippen LogP contribution in [0.1, 0.15) is 47.4 Å². The zero-order valence-electron chi connectivity index (χ0n) is 15.7. The number of hydrogen-bond donors (Lipinski definition) is 1. The smallest absolute Gasteiger partial charge is 0.357 e. The quantitative estimate of drug-likeness (QED) is 0.702. The number of ether oxygens (including phenoxy) is 1. The SMILES string of the molecule is CC(OC(=O)c1ccc2ccccc2n1)C(=O)NC1CCCc2ccccc21. The molecule has 0 saturated heterocycles. The summed E-state index contributed by atoms with van der Waals surface area (Å²) < 4.78 is 5.36. The van der Waals surface area contributed by atoms with E-state index in [1.807, 2.05) is 42.5 Å². The number of nitrogens with zero attached hydrogens (tertiary/aromatic N) is 1. The number of esters is 1. The van der Waals surface area contributed by atoms with Crippen LogP contribution < -0.4 is 5.32 Å². The van der Waals surface area contributed by atoms with E-state index in [-0.39, 0.29) is 17.6 Å². The van der Waals surface area contributed by atoms with Gasteiger partial charge < -0.3 is 10.1 Å². The highest BCUT2D eigenvalue weighted by Crippen LogP contribution is 2.29. The number of aromatic nitrogens is 1. The number of aryl methyl sites for hydroxylation is 1. The number of carbonyl (C=O) groups is 2.